The number of allylic oxidation sites excluding steroid dienone is 1. The van der Waals surface area contributed by atoms with Gasteiger partial charge in [0.25, 0.3) is 0 Å². The van der Waals surface area contributed by atoms with Gasteiger partial charge in [0.1, 0.15) is 5.82 Å². The van der Waals surface area contributed by atoms with E-state index in [0.29, 0.717) is 10.6 Å². The SMILES string of the molecule is O=S1C2C=C(c3ccc(F)c4ccccc34)CC1CC2. The molecule has 2 aromatic rings. The Bertz CT molecular complexity index is 750. The first-order chi connectivity index (χ1) is 9.74. The maximum absolute atomic E-state index is 13.9. The van der Waals surface area contributed by atoms with Crippen molar-refractivity contribution in [3.8, 4) is 0 Å². The van der Waals surface area contributed by atoms with E-state index in [1.807, 2.05) is 30.3 Å². The van der Waals surface area contributed by atoms with Crippen LogP contribution < -0.4 is 0 Å². The van der Waals surface area contributed by atoms with Crippen LogP contribution in [0, 0.1) is 5.82 Å². The topological polar surface area (TPSA) is 17.1 Å². The molecule has 0 radical (unpaired) electrons. The lowest BCUT2D eigenvalue weighted by molar-refractivity contribution is 0.639. The highest BCUT2D eigenvalue weighted by molar-refractivity contribution is 7.86. The van der Waals surface area contributed by atoms with Gasteiger partial charge in [0, 0.05) is 21.4 Å². The summed E-state index contributed by atoms with van der Waals surface area (Å²) in [5, 5.41) is 2.13. The van der Waals surface area contributed by atoms with Gasteiger partial charge in [-0.1, -0.05) is 36.4 Å². The Labute approximate surface area is 120 Å². The van der Waals surface area contributed by atoms with Gasteiger partial charge in [0.2, 0.25) is 0 Å². The maximum atomic E-state index is 13.9. The normalized spacial score (nSPS) is 28.6. The van der Waals surface area contributed by atoms with Crippen LogP contribution in [0.15, 0.2) is 42.5 Å². The van der Waals surface area contributed by atoms with Gasteiger partial charge in [-0.2, -0.15) is 0 Å². The first-order valence-electron chi connectivity index (χ1n) is 7.02. The van der Waals surface area contributed by atoms with E-state index in [1.165, 1.54) is 5.57 Å². The van der Waals surface area contributed by atoms with Crippen molar-refractivity contribution in [2.45, 2.75) is 29.8 Å². The Hall–Kier alpha value is -1.48. The highest BCUT2D eigenvalue weighted by atomic mass is 32.2. The predicted molar refractivity (Wildman–Crippen MR) is 81.5 cm³/mol. The van der Waals surface area contributed by atoms with E-state index in [-0.39, 0.29) is 11.1 Å². The van der Waals surface area contributed by atoms with Crippen LogP contribution in [0.5, 0.6) is 0 Å². The van der Waals surface area contributed by atoms with Crippen molar-refractivity contribution in [3.05, 3.63) is 53.9 Å². The molecule has 2 aliphatic rings. The average molecular weight is 286 g/mol. The van der Waals surface area contributed by atoms with Crippen molar-refractivity contribution in [1.29, 1.82) is 0 Å². The maximum Gasteiger partial charge on any atom is 0.131 e. The molecule has 4 rings (SSSR count). The molecule has 2 bridgehead atoms. The van der Waals surface area contributed by atoms with Crippen LogP contribution in [0.1, 0.15) is 24.8 Å². The van der Waals surface area contributed by atoms with Crippen molar-refractivity contribution < 1.29 is 8.60 Å². The predicted octanol–water partition coefficient (Wildman–Crippen LogP) is 4.05. The molecule has 0 amide bonds. The van der Waals surface area contributed by atoms with E-state index < -0.39 is 10.8 Å². The second-order valence-corrected chi connectivity index (χ2v) is 7.53. The van der Waals surface area contributed by atoms with Crippen molar-refractivity contribution in [1.82, 2.24) is 0 Å². The molecule has 0 spiro atoms. The van der Waals surface area contributed by atoms with Crippen LogP contribution in [0.25, 0.3) is 16.3 Å². The molecule has 1 nitrogen and oxygen atoms in total. The van der Waals surface area contributed by atoms with Crippen molar-refractivity contribution >= 4 is 27.1 Å². The largest absolute Gasteiger partial charge is 0.259 e. The Morgan fingerprint density at radius 2 is 1.85 bits per heavy atom. The Kier molecular flexibility index (Phi) is 2.77. The van der Waals surface area contributed by atoms with Crippen LogP contribution in [-0.4, -0.2) is 14.7 Å². The van der Waals surface area contributed by atoms with Gasteiger partial charge in [-0.3, -0.25) is 4.21 Å². The van der Waals surface area contributed by atoms with Crippen LogP contribution in [-0.2, 0) is 10.8 Å². The molecule has 102 valence electrons. The minimum absolute atomic E-state index is 0.174. The van der Waals surface area contributed by atoms with E-state index in [9.17, 15) is 8.60 Å². The van der Waals surface area contributed by atoms with Crippen LogP contribution >= 0.6 is 0 Å². The Balaban J connectivity index is 1.90. The van der Waals surface area contributed by atoms with E-state index in [0.717, 1.165) is 30.2 Å². The number of rotatable bonds is 1. The van der Waals surface area contributed by atoms with E-state index in [4.69, 9.17) is 0 Å². The number of hydrogen-bond donors (Lipinski definition) is 0. The van der Waals surface area contributed by atoms with Crippen molar-refractivity contribution in [3.63, 3.8) is 0 Å². The zero-order chi connectivity index (χ0) is 13.7. The van der Waals surface area contributed by atoms with Gasteiger partial charge in [-0.05, 0) is 41.9 Å². The summed E-state index contributed by atoms with van der Waals surface area (Å²) in [6.45, 7) is 0. The molecule has 0 aromatic heterocycles. The molecule has 1 saturated heterocycles. The van der Waals surface area contributed by atoms with E-state index in [1.54, 1.807) is 6.07 Å². The summed E-state index contributed by atoms with van der Waals surface area (Å²) in [6.07, 6.45) is 5.11. The first kappa shape index (κ1) is 12.3. The lowest BCUT2D eigenvalue weighted by Gasteiger charge is -2.20. The van der Waals surface area contributed by atoms with Gasteiger partial charge in [0.05, 0.1) is 5.25 Å². The van der Waals surface area contributed by atoms with Crippen molar-refractivity contribution in [2.24, 2.45) is 0 Å². The van der Waals surface area contributed by atoms with Crippen LogP contribution in [0.4, 0.5) is 4.39 Å². The highest BCUT2D eigenvalue weighted by Crippen LogP contribution is 2.40. The quantitative estimate of drug-likeness (QED) is 0.773. The number of halogens is 1. The molecule has 3 unspecified atom stereocenters. The molecular formula is C17H15FOS. The summed E-state index contributed by atoms with van der Waals surface area (Å²) >= 11 is 0. The van der Waals surface area contributed by atoms with Crippen LogP contribution in [0.2, 0.25) is 0 Å². The lowest BCUT2D eigenvalue weighted by atomic mass is 9.95. The third kappa shape index (κ3) is 1.76. The van der Waals surface area contributed by atoms with Gasteiger partial charge in [0.15, 0.2) is 0 Å². The summed E-state index contributed by atoms with van der Waals surface area (Å²) in [6, 6.07) is 11.0. The Morgan fingerprint density at radius 3 is 2.65 bits per heavy atom. The molecule has 3 heteroatoms. The lowest BCUT2D eigenvalue weighted by Crippen LogP contribution is -2.19. The molecule has 20 heavy (non-hydrogen) atoms. The minimum Gasteiger partial charge on any atom is -0.259 e. The van der Waals surface area contributed by atoms with Gasteiger partial charge in [-0.25, -0.2) is 4.39 Å². The zero-order valence-electron chi connectivity index (χ0n) is 11.0. The number of hydrogen-bond acceptors (Lipinski definition) is 1. The summed E-state index contributed by atoms with van der Waals surface area (Å²) in [5.41, 5.74) is 2.35. The molecule has 3 atom stereocenters. The molecule has 2 aliphatic heterocycles. The average Bonchev–Trinajstić information content (AvgIpc) is 2.70. The standard InChI is InChI=1S/C17H15FOS/c18-17-8-7-14(15-3-1-2-4-16(15)17)11-9-12-5-6-13(10-11)20(12)19/h1-4,7-9,12-13H,5-6,10H2. The van der Waals surface area contributed by atoms with E-state index >= 15 is 0 Å². The fourth-order valence-corrected chi connectivity index (χ4v) is 5.32. The van der Waals surface area contributed by atoms with Crippen molar-refractivity contribution in [2.75, 3.05) is 0 Å². The second kappa shape index (κ2) is 4.52. The summed E-state index contributed by atoms with van der Waals surface area (Å²) in [7, 11) is -0.702. The molecule has 0 saturated carbocycles. The molecule has 1 fully saturated rings. The van der Waals surface area contributed by atoms with E-state index in [2.05, 4.69) is 6.08 Å². The van der Waals surface area contributed by atoms with Gasteiger partial charge in [-0.15, -0.1) is 0 Å². The number of benzene rings is 2. The molecular weight excluding hydrogens is 271 g/mol. The molecule has 2 heterocycles. The second-order valence-electron chi connectivity index (χ2n) is 5.60. The summed E-state index contributed by atoms with van der Waals surface area (Å²) < 4.78 is 26.0. The smallest absolute Gasteiger partial charge is 0.131 e. The Morgan fingerprint density at radius 1 is 1.05 bits per heavy atom. The monoisotopic (exact) mass is 286 g/mol. The number of fused-ring (bicyclic) bond motifs is 3. The fraction of sp³-hybridized carbons (Fsp3) is 0.294. The molecule has 2 aromatic carbocycles. The third-order valence-electron chi connectivity index (χ3n) is 4.45. The summed E-state index contributed by atoms with van der Waals surface area (Å²) in [5.74, 6) is -0.174. The molecule has 0 N–H and O–H groups in total. The van der Waals surface area contributed by atoms with Gasteiger partial charge < -0.3 is 0 Å². The minimum atomic E-state index is -0.702. The third-order valence-corrected chi connectivity index (χ3v) is 6.48. The first-order valence-corrected chi connectivity index (χ1v) is 8.29. The zero-order valence-corrected chi connectivity index (χ0v) is 11.8. The van der Waals surface area contributed by atoms with Gasteiger partial charge >= 0.3 is 0 Å². The molecule has 0 aliphatic carbocycles. The summed E-state index contributed by atoms with van der Waals surface area (Å²) in [4.78, 5) is 0. The highest BCUT2D eigenvalue weighted by Gasteiger charge is 2.36. The van der Waals surface area contributed by atoms with Crippen LogP contribution in [0.3, 0.4) is 0 Å². The fourth-order valence-electron chi connectivity index (χ4n) is 3.44.